The minimum atomic E-state index is -2.92. The largest absolute Gasteiger partial charge is 0.455 e. The zero-order valence-electron chi connectivity index (χ0n) is 15.9. The summed E-state index contributed by atoms with van der Waals surface area (Å²) in [7, 11) is 0. The number of hydrogen-bond acceptors (Lipinski definition) is 4. The van der Waals surface area contributed by atoms with Crippen LogP contribution in [0.5, 0.6) is 5.75 Å². The summed E-state index contributed by atoms with van der Waals surface area (Å²) in [6, 6.07) is 22.8. The molecule has 7 heteroatoms. The van der Waals surface area contributed by atoms with Crippen molar-refractivity contribution < 1.29 is 27.8 Å². The lowest BCUT2D eigenvalue weighted by atomic mass is 10.0. The van der Waals surface area contributed by atoms with E-state index < -0.39 is 25.1 Å². The predicted molar refractivity (Wildman–Crippen MR) is 108 cm³/mol. The predicted octanol–water partition coefficient (Wildman–Crippen LogP) is 4.68. The number of rotatable bonds is 8. The molecule has 0 aromatic heterocycles. The Hall–Kier alpha value is -3.74. The van der Waals surface area contributed by atoms with Gasteiger partial charge in [0.05, 0.1) is 6.42 Å². The number of benzene rings is 3. The molecule has 0 fully saturated rings. The summed E-state index contributed by atoms with van der Waals surface area (Å²) in [5, 5.41) is 2.51. The number of nitrogens with one attached hydrogen (secondary N) is 1. The minimum Gasteiger partial charge on any atom is -0.455 e. The van der Waals surface area contributed by atoms with Crippen LogP contribution in [0.2, 0.25) is 0 Å². The van der Waals surface area contributed by atoms with Gasteiger partial charge >= 0.3 is 12.6 Å². The summed E-state index contributed by atoms with van der Waals surface area (Å²) in [5.74, 6) is -1.09. The fourth-order valence-electron chi connectivity index (χ4n) is 2.73. The third-order valence-corrected chi connectivity index (χ3v) is 4.14. The van der Waals surface area contributed by atoms with Crippen molar-refractivity contribution in [2.75, 3.05) is 11.9 Å². The van der Waals surface area contributed by atoms with Crippen molar-refractivity contribution in [3.8, 4) is 16.9 Å². The van der Waals surface area contributed by atoms with Gasteiger partial charge in [0.15, 0.2) is 6.61 Å². The van der Waals surface area contributed by atoms with Gasteiger partial charge in [-0.15, -0.1) is 0 Å². The van der Waals surface area contributed by atoms with Crippen LogP contribution in [0.15, 0.2) is 78.9 Å². The van der Waals surface area contributed by atoms with Gasteiger partial charge < -0.3 is 14.8 Å². The van der Waals surface area contributed by atoms with E-state index in [1.165, 1.54) is 24.3 Å². The minimum absolute atomic E-state index is 0.0206. The first kappa shape index (κ1) is 21.0. The first-order valence-electron chi connectivity index (χ1n) is 9.14. The first-order valence-corrected chi connectivity index (χ1v) is 9.14. The average molecular weight is 411 g/mol. The topological polar surface area (TPSA) is 64.6 Å². The van der Waals surface area contributed by atoms with E-state index in [4.69, 9.17) is 4.74 Å². The third-order valence-electron chi connectivity index (χ3n) is 4.14. The first-order chi connectivity index (χ1) is 14.5. The third kappa shape index (κ3) is 6.41. The SMILES string of the molecule is O=C(COC(=O)Cc1ccc(-c2ccccc2)cc1)Nc1ccc(OC(F)F)cc1. The van der Waals surface area contributed by atoms with E-state index in [-0.39, 0.29) is 12.2 Å². The molecule has 0 saturated carbocycles. The van der Waals surface area contributed by atoms with E-state index in [1.54, 1.807) is 0 Å². The van der Waals surface area contributed by atoms with Crippen LogP contribution in [0.25, 0.3) is 11.1 Å². The highest BCUT2D eigenvalue weighted by Crippen LogP contribution is 2.20. The van der Waals surface area contributed by atoms with E-state index in [2.05, 4.69) is 10.1 Å². The maximum atomic E-state index is 12.1. The fraction of sp³-hybridized carbons (Fsp3) is 0.130. The molecule has 0 atom stereocenters. The van der Waals surface area contributed by atoms with Crippen LogP contribution in [-0.2, 0) is 20.7 Å². The second kappa shape index (κ2) is 10.2. The lowest BCUT2D eigenvalue weighted by Gasteiger charge is -2.08. The molecule has 154 valence electrons. The van der Waals surface area contributed by atoms with Crippen LogP contribution in [0.1, 0.15) is 5.56 Å². The quantitative estimate of drug-likeness (QED) is 0.547. The van der Waals surface area contributed by atoms with Crippen LogP contribution >= 0.6 is 0 Å². The number of esters is 1. The van der Waals surface area contributed by atoms with Gasteiger partial charge in [-0.1, -0.05) is 54.6 Å². The molecule has 5 nitrogen and oxygen atoms in total. The molecular weight excluding hydrogens is 392 g/mol. The Kier molecular flexibility index (Phi) is 7.10. The van der Waals surface area contributed by atoms with Crippen molar-refractivity contribution in [3.63, 3.8) is 0 Å². The van der Waals surface area contributed by atoms with E-state index >= 15 is 0 Å². The molecule has 30 heavy (non-hydrogen) atoms. The van der Waals surface area contributed by atoms with Gasteiger partial charge in [-0.2, -0.15) is 8.78 Å². The summed E-state index contributed by atoms with van der Waals surface area (Å²) in [4.78, 5) is 23.9. The molecule has 0 unspecified atom stereocenters. The second-order valence-corrected chi connectivity index (χ2v) is 6.35. The van der Waals surface area contributed by atoms with E-state index in [1.807, 2.05) is 54.6 Å². The van der Waals surface area contributed by atoms with Gasteiger partial charge in [0, 0.05) is 5.69 Å². The normalized spacial score (nSPS) is 10.5. The number of halogens is 2. The van der Waals surface area contributed by atoms with Crippen molar-refractivity contribution in [2.24, 2.45) is 0 Å². The van der Waals surface area contributed by atoms with Crippen molar-refractivity contribution >= 4 is 17.6 Å². The summed E-state index contributed by atoms with van der Waals surface area (Å²) >= 11 is 0. The molecule has 3 rings (SSSR count). The van der Waals surface area contributed by atoms with Crippen LogP contribution in [0.4, 0.5) is 14.5 Å². The zero-order valence-corrected chi connectivity index (χ0v) is 15.9. The molecule has 0 aliphatic rings. The van der Waals surface area contributed by atoms with Crippen LogP contribution in [-0.4, -0.2) is 25.1 Å². The number of ether oxygens (including phenoxy) is 2. The zero-order chi connectivity index (χ0) is 21.3. The maximum Gasteiger partial charge on any atom is 0.387 e. The highest BCUT2D eigenvalue weighted by atomic mass is 19.3. The fourth-order valence-corrected chi connectivity index (χ4v) is 2.73. The number of alkyl halides is 2. The van der Waals surface area contributed by atoms with Gasteiger partial charge in [0.25, 0.3) is 5.91 Å². The van der Waals surface area contributed by atoms with Gasteiger partial charge in [0.2, 0.25) is 0 Å². The Balaban J connectivity index is 1.44. The number of carbonyl (C=O) groups is 2. The van der Waals surface area contributed by atoms with Crippen LogP contribution in [0.3, 0.4) is 0 Å². The Morgan fingerprint density at radius 1 is 0.833 bits per heavy atom. The Morgan fingerprint density at radius 3 is 2.10 bits per heavy atom. The summed E-state index contributed by atoms with van der Waals surface area (Å²) in [6.07, 6.45) is 0.0437. The second-order valence-electron chi connectivity index (χ2n) is 6.35. The van der Waals surface area contributed by atoms with Crippen molar-refractivity contribution in [1.29, 1.82) is 0 Å². The molecule has 1 N–H and O–H groups in total. The van der Waals surface area contributed by atoms with Crippen LogP contribution in [0, 0.1) is 0 Å². The Labute approximate surface area is 172 Å². The van der Waals surface area contributed by atoms with Crippen molar-refractivity contribution in [2.45, 2.75) is 13.0 Å². The molecule has 1 amide bonds. The standard InChI is InChI=1S/C23H19F2NO4/c24-23(25)30-20-12-10-19(11-13-20)26-21(27)15-29-22(28)14-16-6-8-18(9-7-16)17-4-2-1-3-5-17/h1-13,23H,14-15H2,(H,26,27). The molecule has 0 bridgehead atoms. The number of amides is 1. The molecule has 0 aliphatic heterocycles. The molecule has 0 aliphatic carbocycles. The summed E-state index contributed by atoms with van der Waals surface area (Å²) < 4.78 is 33.5. The molecule has 0 heterocycles. The average Bonchev–Trinajstić information content (AvgIpc) is 2.74. The van der Waals surface area contributed by atoms with E-state index in [9.17, 15) is 18.4 Å². The molecule has 0 spiro atoms. The van der Waals surface area contributed by atoms with E-state index in [0.717, 1.165) is 16.7 Å². The van der Waals surface area contributed by atoms with Gasteiger partial charge in [-0.05, 0) is 41.0 Å². The Bertz CT molecular complexity index is 974. The van der Waals surface area contributed by atoms with Gasteiger partial charge in [-0.3, -0.25) is 9.59 Å². The number of anilines is 1. The van der Waals surface area contributed by atoms with Crippen molar-refractivity contribution in [1.82, 2.24) is 0 Å². The number of hydrogen-bond donors (Lipinski definition) is 1. The Morgan fingerprint density at radius 2 is 1.47 bits per heavy atom. The number of carbonyl (C=O) groups excluding carboxylic acids is 2. The van der Waals surface area contributed by atoms with Crippen molar-refractivity contribution in [3.05, 3.63) is 84.4 Å². The highest BCUT2D eigenvalue weighted by Gasteiger charge is 2.10. The lowest BCUT2D eigenvalue weighted by molar-refractivity contribution is -0.146. The molecule has 0 saturated heterocycles. The monoisotopic (exact) mass is 411 g/mol. The smallest absolute Gasteiger partial charge is 0.387 e. The van der Waals surface area contributed by atoms with Crippen LogP contribution < -0.4 is 10.1 Å². The maximum absolute atomic E-state index is 12.1. The summed E-state index contributed by atoms with van der Waals surface area (Å²) in [6.45, 7) is -3.37. The molecule has 3 aromatic carbocycles. The van der Waals surface area contributed by atoms with Gasteiger partial charge in [0.1, 0.15) is 5.75 Å². The molecule has 3 aromatic rings. The van der Waals surface area contributed by atoms with E-state index in [0.29, 0.717) is 5.69 Å². The van der Waals surface area contributed by atoms with Gasteiger partial charge in [-0.25, -0.2) is 0 Å². The summed E-state index contributed by atoms with van der Waals surface area (Å²) in [5.41, 5.74) is 3.26. The molecule has 0 radical (unpaired) electrons. The lowest BCUT2D eigenvalue weighted by Crippen LogP contribution is -2.21. The highest BCUT2D eigenvalue weighted by molar-refractivity contribution is 5.92. The molecular formula is C23H19F2NO4.